The van der Waals surface area contributed by atoms with E-state index >= 15 is 0 Å². The van der Waals surface area contributed by atoms with Crippen molar-refractivity contribution in [3.63, 3.8) is 0 Å². The summed E-state index contributed by atoms with van der Waals surface area (Å²) in [5.41, 5.74) is -0.0288. The normalized spacial score (nSPS) is 11.7. The predicted octanol–water partition coefficient (Wildman–Crippen LogP) is 3.49. The number of rotatable bonds is 15. The van der Waals surface area contributed by atoms with E-state index < -0.39 is 14.8 Å². The van der Waals surface area contributed by atoms with E-state index in [0.29, 0.717) is 19.6 Å². The molecule has 0 heterocycles. The number of nitro benzene ring substituents is 3. The number of benzene rings is 3. The predicted molar refractivity (Wildman–Crippen MR) is 158 cm³/mol. The van der Waals surface area contributed by atoms with Gasteiger partial charge in [0.25, 0.3) is 17.1 Å². The van der Waals surface area contributed by atoms with E-state index in [1.54, 1.807) is 0 Å². The Kier molecular flexibility index (Phi) is 11.3. The molecule has 16 heteroatoms. The van der Waals surface area contributed by atoms with Crippen molar-refractivity contribution in [2.75, 3.05) is 39.3 Å². The Labute approximate surface area is 244 Å². The van der Waals surface area contributed by atoms with Gasteiger partial charge in [-0.1, -0.05) is 0 Å². The summed E-state index contributed by atoms with van der Waals surface area (Å²) in [6.45, 7) is 1.90. The molecule has 0 saturated heterocycles. The highest BCUT2D eigenvalue weighted by Crippen LogP contribution is 2.23. The molecule has 0 spiro atoms. The summed E-state index contributed by atoms with van der Waals surface area (Å²) in [5.74, 6) is -0.490. The van der Waals surface area contributed by atoms with Gasteiger partial charge in [-0.2, -0.15) is 0 Å². The first-order chi connectivity index (χ1) is 20.5. The summed E-state index contributed by atoms with van der Waals surface area (Å²) in [6.07, 6.45) is 3.98. The lowest BCUT2D eigenvalue weighted by Gasteiger charge is -2.19. The summed E-state index contributed by atoms with van der Waals surface area (Å²) in [4.78, 5) is 46.0. The Morgan fingerprint density at radius 2 is 0.837 bits per heavy atom. The van der Waals surface area contributed by atoms with Crippen molar-refractivity contribution in [1.82, 2.24) is 4.90 Å². The number of nitro groups is 3. The van der Waals surface area contributed by atoms with Crippen molar-refractivity contribution in [3.05, 3.63) is 102 Å². The second-order valence-electron chi connectivity index (χ2n) is 8.95. The Morgan fingerprint density at radius 1 is 0.558 bits per heavy atom. The Morgan fingerprint density at radius 3 is 1.09 bits per heavy atom. The molecule has 16 nitrogen and oxygen atoms in total. The van der Waals surface area contributed by atoms with Crippen molar-refractivity contribution >= 4 is 35.7 Å². The fourth-order valence-corrected chi connectivity index (χ4v) is 3.70. The zero-order valence-corrected chi connectivity index (χ0v) is 22.6. The molecule has 0 aliphatic carbocycles. The Bertz CT molecular complexity index is 1390. The lowest BCUT2D eigenvalue weighted by atomic mass is 10.2. The van der Waals surface area contributed by atoms with Crippen molar-refractivity contribution in [2.45, 2.75) is 0 Å². The van der Waals surface area contributed by atoms with Crippen LogP contribution in [0.2, 0.25) is 0 Å². The quantitative estimate of drug-likeness (QED) is 0.132. The van der Waals surface area contributed by atoms with Gasteiger partial charge >= 0.3 is 0 Å². The molecule has 0 saturated carbocycles. The summed E-state index contributed by atoms with van der Waals surface area (Å²) in [5, 5.41) is 62.9. The van der Waals surface area contributed by atoms with E-state index in [1.807, 2.05) is 4.90 Å². The fourth-order valence-electron chi connectivity index (χ4n) is 3.70. The first-order valence-corrected chi connectivity index (χ1v) is 12.7. The van der Waals surface area contributed by atoms with Crippen LogP contribution in [0.1, 0.15) is 16.7 Å². The molecule has 0 radical (unpaired) electrons. The standard InChI is InChI=1S/C27H27N7O9/c35-25-4-1-22(32(38)39)13-19(25)16-28-7-10-31(11-8-29-17-20-14-23(33(40)41)2-5-26(20)36)12-9-30-18-21-15-24(34(42)43)3-6-27(21)37/h1-6,13-18,35-37H,7-12H2. The van der Waals surface area contributed by atoms with Gasteiger partial charge in [-0.15, -0.1) is 0 Å². The SMILES string of the molecule is O=[N+]([O-])c1ccc(O)c(C=NCCN(CCN=Cc2cc([N+](=O)[O-])ccc2O)CCN=Cc2cc([N+](=O)[O-])ccc2O)c1. The number of aromatic hydroxyl groups is 3. The molecule has 0 aliphatic rings. The smallest absolute Gasteiger partial charge is 0.270 e. The number of hydrogen-bond donors (Lipinski definition) is 3. The number of hydrogen-bond acceptors (Lipinski definition) is 13. The van der Waals surface area contributed by atoms with E-state index in [9.17, 15) is 45.7 Å². The number of phenols is 3. The van der Waals surface area contributed by atoms with Crippen molar-refractivity contribution in [3.8, 4) is 17.2 Å². The minimum Gasteiger partial charge on any atom is -0.507 e. The van der Waals surface area contributed by atoms with Crippen LogP contribution in [0.15, 0.2) is 69.6 Å². The minimum atomic E-state index is -0.583. The second kappa shape index (κ2) is 15.3. The van der Waals surface area contributed by atoms with Gasteiger partial charge in [-0.3, -0.25) is 50.2 Å². The van der Waals surface area contributed by atoms with E-state index in [2.05, 4.69) is 15.0 Å². The fraction of sp³-hybridized carbons (Fsp3) is 0.222. The lowest BCUT2D eigenvalue weighted by Crippen LogP contribution is -2.31. The summed E-state index contributed by atoms with van der Waals surface area (Å²) in [7, 11) is 0. The van der Waals surface area contributed by atoms with E-state index in [0.717, 1.165) is 0 Å². The van der Waals surface area contributed by atoms with Crippen LogP contribution in [0, 0.1) is 30.3 Å². The second-order valence-corrected chi connectivity index (χ2v) is 8.95. The van der Waals surface area contributed by atoms with Crippen molar-refractivity contribution in [1.29, 1.82) is 0 Å². The van der Waals surface area contributed by atoms with Crippen LogP contribution in [0.25, 0.3) is 0 Å². The van der Waals surface area contributed by atoms with Gasteiger partial charge in [0.15, 0.2) is 0 Å². The molecule has 0 aromatic heterocycles. The van der Waals surface area contributed by atoms with Crippen LogP contribution in [-0.2, 0) is 0 Å². The molecule has 0 atom stereocenters. The highest BCUT2D eigenvalue weighted by molar-refractivity contribution is 5.85. The highest BCUT2D eigenvalue weighted by Gasteiger charge is 2.11. The van der Waals surface area contributed by atoms with Crippen LogP contribution < -0.4 is 0 Å². The molecule has 3 rings (SSSR count). The molecule has 43 heavy (non-hydrogen) atoms. The maximum Gasteiger partial charge on any atom is 0.270 e. The first-order valence-electron chi connectivity index (χ1n) is 12.7. The van der Waals surface area contributed by atoms with E-state index in [4.69, 9.17) is 0 Å². The van der Waals surface area contributed by atoms with Crippen molar-refractivity contribution < 1.29 is 30.1 Å². The number of aliphatic imine (C=N–C) groups is 3. The first kappa shape index (κ1) is 31.8. The maximum atomic E-state index is 11.0. The molecular formula is C27H27N7O9. The minimum absolute atomic E-state index is 0.163. The average molecular weight is 594 g/mol. The topological polar surface area (TPSA) is 230 Å². The average Bonchev–Trinajstić information content (AvgIpc) is 2.97. The monoisotopic (exact) mass is 593 g/mol. The number of nitrogens with zero attached hydrogens (tertiary/aromatic N) is 7. The zero-order chi connectivity index (χ0) is 31.4. The molecule has 0 amide bonds. The van der Waals surface area contributed by atoms with Crippen LogP contribution in [0.4, 0.5) is 17.1 Å². The number of non-ortho nitro benzene ring substituents is 3. The van der Waals surface area contributed by atoms with Gasteiger partial charge in [-0.25, -0.2) is 0 Å². The molecule has 3 aromatic rings. The van der Waals surface area contributed by atoms with Gasteiger partial charge in [0.1, 0.15) is 17.2 Å². The summed E-state index contributed by atoms with van der Waals surface area (Å²) >= 11 is 0. The van der Waals surface area contributed by atoms with Crippen LogP contribution >= 0.6 is 0 Å². The van der Waals surface area contributed by atoms with E-state index in [1.165, 1.54) is 73.2 Å². The van der Waals surface area contributed by atoms with Gasteiger partial charge in [0.2, 0.25) is 0 Å². The van der Waals surface area contributed by atoms with Crippen molar-refractivity contribution in [2.24, 2.45) is 15.0 Å². The largest absolute Gasteiger partial charge is 0.507 e. The number of phenolic OH excluding ortho intramolecular Hbond substituents is 3. The van der Waals surface area contributed by atoms with Crippen LogP contribution in [-0.4, -0.2) is 92.9 Å². The maximum absolute atomic E-state index is 11.0. The molecule has 3 aromatic carbocycles. The molecule has 0 aliphatic heterocycles. The van der Waals surface area contributed by atoms with Gasteiger partial charge in [-0.05, 0) is 18.2 Å². The van der Waals surface area contributed by atoms with Gasteiger partial charge in [0.05, 0.1) is 34.4 Å². The van der Waals surface area contributed by atoms with Crippen LogP contribution in [0.5, 0.6) is 17.2 Å². The lowest BCUT2D eigenvalue weighted by molar-refractivity contribution is -0.385. The van der Waals surface area contributed by atoms with E-state index in [-0.39, 0.29) is 70.6 Å². The molecule has 224 valence electrons. The Balaban J connectivity index is 1.66. The molecule has 0 fully saturated rings. The van der Waals surface area contributed by atoms with Gasteiger partial charge in [0, 0.05) is 91.4 Å². The summed E-state index contributed by atoms with van der Waals surface area (Å²) in [6, 6.07) is 10.8. The summed E-state index contributed by atoms with van der Waals surface area (Å²) < 4.78 is 0. The third-order valence-electron chi connectivity index (χ3n) is 5.99. The third-order valence-corrected chi connectivity index (χ3v) is 5.99. The van der Waals surface area contributed by atoms with Gasteiger partial charge < -0.3 is 15.3 Å². The van der Waals surface area contributed by atoms with Crippen LogP contribution in [0.3, 0.4) is 0 Å². The molecular weight excluding hydrogens is 566 g/mol. The molecule has 0 unspecified atom stereocenters. The zero-order valence-electron chi connectivity index (χ0n) is 22.6. The molecule has 3 N–H and O–H groups in total. The molecule has 0 bridgehead atoms. The third kappa shape index (κ3) is 9.68. The Hall–Kier alpha value is -5.77. The highest BCUT2D eigenvalue weighted by atomic mass is 16.6.